The second kappa shape index (κ2) is 4.45. The number of benzene rings is 1. The predicted octanol–water partition coefficient (Wildman–Crippen LogP) is 4.14. The molecule has 15 heavy (non-hydrogen) atoms. The van der Waals surface area contributed by atoms with Crippen LogP contribution in [-0.2, 0) is 5.33 Å². The van der Waals surface area contributed by atoms with E-state index in [1.165, 1.54) is 18.5 Å². The van der Waals surface area contributed by atoms with Gasteiger partial charge in [0.1, 0.15) is 5.82 Å². The molecule has 78 valence electrons. The van der Waals surface area contributed by atoms with Crippen molar-refractivity contribution < 1.29 is 8.81 Å². The SMILES string of the molecule is Fc1cc(Br)cc(-c2ocnc2CBr)c1. The molecule has 0 spiro atoms. The number of hydrogen-bond acceptors (Lipinski definition) is 2. The maximum absolute atomic E-state index is 13.2. The number of rotatable bonds is 2. The summed E-state index contributed by atoms with van der Waals surface area (Å²) in [5.41, 5.74) is 1.43. The first-order valence-corrected chi connectivity index (χ1v) is 6.07. The summed E-state index contributed by atoms with van der Waals surface area (Å²) in [7, 11) is 0. The lowest BCUT2D eigenvalue weighted by molar-refractivity contribution is 0.569. The van der Waals surface area contributed by atoms with Crippen LogP contribution in [0.2, 0.25) is 0 Å². The van der Waals surface area contributed by atoms with E-state index >= 15 is 0 Å². The van der Waals surface area contributed by atoms with E-state index in [4.69, 9.17) is 4.42 Å². The highest BCUT2D eigenvalue weighted by Gasteiger charge is 2.11. The van der Waals surface area contributed by atoms with Gasteiger partial charge in [0.15, 0.2) is 12.2 Å². The Morgan fingerprint density at radius 2 is 2.13 bits per heavy atom. The molecule has 1 aromatic carbocycles. The molecular weight excluding hydrogens is 329 g/mol. The Bertz CT molecular complexity index is 464. The molecule has 0 amide bonds. The van der Waals surface area contributed by atoms with Crippen molar-refractivity contribution in [2.45, 2.75) is 5.33 Å². The number of oxazole rings is 1. The summed E-state index contributed by atoms with van der Waals surface area (Å²) in [6.45, 7) is 0. The van der Waals surface area contributed by atoms with Gasteiger partial charge in [0, 0.05) is 15.4 Å². The van der Waals surface area contributed by atoms with Gasteiger partial charge in [0.05, 0.1) is 5.69 Å². The van der Waals surface area contributed by atoms with E-state index in [9.17, 15) is 4.39 Å². The minimum Gasteiger partial charge on any atom is -0.443 e. The fourth-order valence-corrected chi connectivity index (χ4v) is 2.15. The lowest BCUT2D eigenvalue weighted by atomic mass is 10.1. The minimum absolute atomic E-state index is 0.309. The summed E-state index contributed by atoms with van der Waals surface area (Å²) >= 11 is 6.53. The van der Waals surface area contributed by atoms with Gasteiger partial charge in [-0.1, -0.05) is 31.9 Å². The second-order valence-corrected chi connectivity index (χ2v) is 4.40. The summed E-state index contributed by atoms with van der Waals surface area (Å²) in [4.78, 5) is 4.02. The smallest absolute Gasteiger partial charge is 0.181 e. The molecule has 2 aromatic rings. The van der Waals surface area contributed by atoms with E-state index in [-0.39, 0.29) is 5.82 Å². The highest BCUT2D eigenvalue weighted by molar-refractivity contribution is 9.10. The van der Waals surface area contributed by atoms with Crippen LogP contribution in [0.3, 0.4) is 0 Å². The van der Waals surface area contributed by atoms with Crippen LogP contribution < -0.4 is 0 Å². The average molecular weight is 335 g/mol. The quantitative estimate of drug-likeness (QED) is 0.771. The Labute approximate surface area is 103 Å². The van der Waals surface area contributed by atoms with Gasteiger partial charge in [-0.3, -0.25) is 0 Å². The number of nitrogens with zero attached hydrogens (tertiary/aromatic N) is 1. The molecule has 0 unspecified atom stereocenters. The molecular formula is C10H6Br2FNO. The first kappa shape index (κ1) is 10.8. The Morgan fingerprint density at radius 3 is 2.80 bits per heavy atom. The van der Waals surface area contributed by atoms with Gasteiger partial charge in [-0.2, -0.15) is 0 Å². The fourth-order valence-electron chi connectivity index (χ4n) is 1.28. The standard InChI is InChI=1S/C10H6Br2FNO/c11-4-9-10(15-5-14-9)6-1-7(12)3-8(13)2-6/h1-3,5H,4H2. The third-order valence-corrected chi connectivity index (χ3v) is 2.88. The zero-order chi connectivity index (χ0) is 10.8. The van der Waals surface area contributed by atoms with Gasteiger partial charge < -0.3 is 4.42 Å². The lowest BCUT2D eigenvalue weighted by Gasteiger charge is -2.00. The van der Waals surface area contributed by atoms with E-state index in [1.807, 2.05) is 0 Å². The van der Waals surface area contributed by atoms with Gasteiger partial charge in [-0.05, 0) is 18.2 Å². The molecule has 1 heterocycles. The molecule has 0 aliphatic carbocycles. The highest BCUT2D eigenvalue weighted by atomic mass is 79.9. The van der Waals surface area contributed by atoms with Crippen LogP contribution in [0.25, 0.3) is 11.3 Å². The first-order chi connectivity index (χ1) is 7.20. The summed E-state index contributed by atoms with van der Waals surface area (Å²) < 4.78 is 19.1. The summed E-state index contributed by atoms with van der Waals surface area (Å²) in [6.07, 6.45) is 1.35. The van der Waals surface area contributed by atoms with Gasteiger partial charge in [-0.15, -0.1) is 0 Å². The maximum Gasteiger partial charge on any atom is 0.181 e. The molecule has 0 saturated heterocycles. The molecule has 2 rings (SSSR count). The van der Waals surface area contributed by atoms with Crippen LogP contribution in [0.1, 0.15) is 5.69 Å². The molecule has 0 radical (unpaired) electrons. The largest absolute Gasteiger partial charge is 0.443 e. The zero-order valence-electron chi connectivity index (χ0n) is 7.51. The third kappa shape index (κ3) is 2.29. The molecule has 0 aliphatic heterocycles. The van der Waals surface area contributed by atoms with E-state index < -0.39 is 0 Å². The van der Waals surface area contributed by atoms with Gasteiger partial charge >= 0.3 is 0 Å². The van der Waals surface area contributed by atoms with Crippen LogP contribution in [0.15, 0.2) is 33.5 Å². The van der Waals surface area contributed by atoms with Crippen LogP contribution >= 0.6 is 31.9 Å². The Balaban J connectivity index is 2.53. The van der Waals surface area contributed by atoms with E-state index in [1.54, 1.807) is 6.07 Å². The second-order valence-electron chi connectivity index (χ2n) is 2.92. The molecule has 2 nitrogen and oxygen atoms in total. The highest BCUT2D eigenvalue weighted by Crippen LogP contribution is 2.28. The Morgan fingerprint density at radius 1 is 1.33 bits per heavy atom. The third-order valence-electron chi connectivity index (χ3n) is 1.89. The summed E-state index contributed by atoms with van der Waals surface area (Å²) in [5, 5.41) is 0.576. The van der Waals surface area contributed by atoms with Gasteiger partial charge in [-0.25, -0.2) is 9.37 Å². The molecule has 0 aliphatic rings. The molecule has 0 atom stereocenters. The van der Waals surface area contributed by atoms with Crippen molar-refractivity contribution in [3.05, 3.63) is 40.6 Å². The van der Waals surface area contributed by atoms with Crippen molar-refractivity contribution >= 4 is 31.9 Å². The van der Waals surface area contributed by atoms with E-state index in [0.717, 1.165) is 5.69 Å². The van der Waals surface area contributed by atoms with Crippen molar-refractivity contribution in [1.29, 1.82) is 0 Å². The van der Waals surface area contributed by atoms with Crippen LogP contribution in [0, 0.1) is 5.82 Å². The normalized spacial score (nSPS) is 10.6. The monoisotopic (exact) mass is 333 g/mol. The summed E-state index contributed by atoms with van der Waals surface area (Å²) in [5.74, 6) is 0.281. The van der Waals surface area contributed by atoms with Crippen molar-refractivity contribution in [2.24, 2.45) is 0 Å². The van der Waals surface area contributed by atoms with Crippen molar-refractivity contribution in [3.8, 4) is 11.3 Å². The van der Waals surface area contributed by atoms with E-state index in [0.29, 0.717) is 21.1 Å². The predicted molar refractivity (Wildman–Crippen MR) is 62.2 cm³/mol. The van der Waals surface area contributed by atoms with Gasteiger partial charge in [0.25, 0.3) is 0 Å². The summed E-state index contributed by atoms with van der Waals surface area (Å²) in [6, 6.07) is 4.60. The van der Waals surface area contributed by atoms with Crippen LogP contribution in [-0.4, -0.2) is 4.98 Å². The number of alkyl halides is 1. The molecule has 1 aromatic heterocycles. The number of aromatic nitrogens is 1. The lowest BCUT2D eigenvalue weighted by Crippen LogP contribution is -1.84. The van der Waals surface area contributed by atoms with E-state index in [2.05, 4.69) is 36.8 Å². The molecule has 5 heteroatoms. The molecule has 0 N–H and O–H groups in total. The fraction of sp³-hybridized carbons (Fsp3) is 0.100. The molecule has 0 bridgehead atoms. The number of hydrogen-bond donors (Lipinski definition) is 0. The minimum atomic E-state index is -0.309. The maximum atomic E-state index is 13.2. The average Bonchev–Trinajstić information content (AvgIpc) is 2.63. The van der Waals surface area contributed by atoms with Crippen molar-refractivity contribution in [2.75, 3.05) is 0 Å². The first-order valence-electron chi connectivity index (χ1n) is 4.15. The molecule has 0 saturated carbocycles. The van der Waals surface area contributed by atoms with Crippen LogP contribution in [0.5, 0.6) is 0 Å². The van der Waals surface area contributed by atoms with Crippen LogP contribution in [0.4, 0.5) is 4.39 Å². The van der Waals surface area contributed by atoms with Gasteiger partial charge in [0.2, 0.25) is 0 Å². The Kier molecular flexibility index (Phi) is 3.21. The number of halogens is 3. The Hall–Kier alpha value is -0.680. The van der Waals surface area contributed by atoms with Crippen molar-refractivity contribution in [3.63, 3.8) is 0 Å². The molecule has 0 fully saturated rings. The zero-order valence-corrected chi connectivity index (χ0v) is 10.7. The topological polar surface area (TPSA) is 26.0 Å². The van der Waals surface area contributed by atoms with Crippen molar-refractivity contribution in [1.82, 2.24) is 4.98 Å².